The second-order valence-electron chi connectivity index (χ2n) is 9.59. The molecule has 34 heavy (non-hydrogen) atoms. The van der Waals surface area contributed by atoms with E-state index in [0.29, 0.717) is 12.0 Å². The van der Waals surface area contributed by atoms with Crippen LogP contribution in [-0.4, -0.2) is 8.07 Å². The fraction of sp³-hybridized carbons (Fsp3) is 0.194. The molecule has 0 N–H and O–H groups in total. The molecule has 0 fully saturated rings. The van der Waals surface area contributed by atoms with Crippen molar-refractivity contribution in [3.8, 4) is 0 Å². The van der Waals surface area contributed by atoms with Crippen molar-refractivity contribution in [2.75, 3.05) is 0 Å². The molecule has 0 amide bonds. The van der Waals surface area contributed by atoms with Crippen LogP contribution in [0.2, 0.25) is 0 Å². The van der Waals surface area contributed by atoms with Crippen molar-refractivity contribution in [2.24, 2.45) is 0 Å². The van der Waals surface area contributed by atoms with Crippen LogP contribution in [0.1, 0.15) is 44.7 Å². The van der Waals surface area contributed by atoms with Crippen LogP contribution in [0.25, 0.3) is 10.2 Å². The number of benzene rings is 4. The number of hydrogen-bond acceptors (Lipinski definition) is 1. The Morgan fingerprint density at radius 1 is 0.588 bits per heavy atom. The topological polar surface area (TPSA) is 3.88 Å². The molecule has 1 nitrogen and oxygen atoms in total. The molecule has 0 saturated carbocycles. The van der Waals surface area contributed by atoms with Gasteiger partial charge in [-0.05, 0) is 40.7 Å². The van der Waals surface area contributed by atoms with Crippen molar-refractivity contribution >= 4 is 50.4 Å². The highest BCUT2D eigenvalue weighted by atomic mass is 32.1. The third-order valence-corrected chi connectivity index (χ3v) is 13.0. The second-order valence-corrected chi connectivity index (χ2v) is 14.5. The summed E-state index contributed by atoms with van der Waals surface area (Å²) < 4.78 is 3.94. The molecule has 5 aromatic rings. The van der Waals surface area contributed by atoms with Gasteiger partial charge < -0.3 is 0 Å². The van der Waals surface area contributed by atoms with Gasteiger partial charge in [0, 0.05) is 12.0 Å². The zero-order valence-corrected chi connectivity index (χ0v) is 22.2. The largest absolute Gasteiger partial charge is 0.241 e. The van der Waals surface area contributed by atoms with Crippen LogP contribution in [0.5, 0.6) is 0 Å². The monoisotopic (exact) mass is 478 g/mol. The molecular formula is C31H32NSSi+. The van der Waals surface area contributed by atoms with Gasteiger partial charge in [0.1, 0.15) is 4.70 Å². The van der Waals surface area contributed by atoms with Crippen LogP contribution in [-0.2, 0) is 0 Å². The van der Waals surface area contributed by atoms with Crippen LogP contribution in [0.3, 0.4) is 0 Å². The summed E-state index contributed by atoms with van der Waals surface area (Å²) in [5.41, 5.74) is 1.36. The Hall–Kier alpha value is -3.01. The van der Waals surface area contributed by atoms with E-state index in [2.05, 4.69) is 141 Å². The van der Waals surface area contributed by atoms with Crippen LogP contribution in [0, 0.1) is 0 Å². The fourth-order valence-electron chi connectivity index (χ4n) is 5.30. The van der Waals surface area contributed by atoms with Gasteiger partial charge in [-0.1, -0.05) is 122 Å². The van der Waals surface area contributed by atoms with Gasteiger partial charge in [-0.25, -0.2) is 0 Å². The van der Waals surface area contributed by atoms with Crippen molar-refractivity contribution in [3.05, 3.63) is 114 Å². The quantitative estimate of drug-likeness (QED) is 0.178. The zero-order chi connectivity index (χ0) is 23.7. The van der Waals surface area contributed by atoms with Gasteiger partial charge in [0.25, 0.3) is 0 Å². The Bertz CT molecular complexity index is 1290. The summed E-state index contributed by atoms with van der Waals surface area (Å²) in [6.07, 6.45) is 0. The molecule has 4 aromatic carbocycles. The highest BCUT2D eigenvalue weighted by Gasteiger charge is 2.42. The Labute approximate surface area is 208 Å². The predicted molar refractivity (Wildman–Crippen MR) is 150 cm³/mol. The van der Waals surface area contributed by atoms with Crippen LogP contribution in [0.4, 0.5) is 0 Å². The van der Waals surface area contributed by atoms with Gasteiger partial charge >= 0.3 is 0 Å². The molecule has 0 unspecified atom stereocenters. The maximum absolute atomic E-state index is 2.56. The van der Waals surface area contributed by atoms with Crippen molar-refractivity contribution in [3.63, 3.8) is 0 Å². The molecule has 0 aliphatic rings. The van der Waals surface area contributed by atoms with Gasteiger partial charge in [0.15, 0.2) is 14.1 Å². The molecule has 170 valence electrons. The van der Waals surface area contributed by atoms with Crippen molar-refractivity contribution in [1.29, 1.82) is 0 Å². The summed E-state index contributed by atoms with van der Waals surface area (Å²) in [7, 11) is -2.50. The van der Waals surface area contributed by atoms with E-state index in [4.69, 9.17) is 0 Å². The smallest absolute Gasteiger partial charge is 0.184 e. The second kappa shape index (κ2) is 9.32. The fourth-order valence-corrected chi connectivity index (χ4v) is 11.3. The third-order valence-electron chi connectivity index (χ3n) is 6.73. The lowest BCUT2D eigenvalue weighted by molar-refractivity contribution is -0.695. The van der Waals surface area contributed by atoms with Gasteiger partial charge in [-0.3, -0.25) is 0 Å². The first kappa shape index (κ1) is 22.8. The number of hydrogen-bond donors (Lipinski definition) is 0. The number of aromatic nitrogens is 1. The average molecular weight is 479 g/mol. The first-order chi connectivity index (χ1) is 16.5. The van der Waals surface area contributed by atoms with E-state index in [1.807, 2.05) is 11.3 Å². The van der Waals surface area contributed by atoms with E-state index in [-0.39, 0.29) is 0 Å². The maximum Gasteiger partial charge on any atom is 0.241 e. The zero-order valence-electron chi connectivity index (χ0n) is 20.4. The molecule has 0 bridgehead atoms. The molecule has 0 radical (unpaired) electrons. The minimum Gasteiger partial charge on any atom is -0.184 e. The Morgan fingerprint density at radius 3 is 1.47 bits per heavy atom. The maximum atomic E-state index is 2.56. The number of fused-ring (bicyclic) bond motifs is 1. The third kappa shape index (κ3) is 3.73. The SMILES string of the molecule is CC(C)c1sc2ccc([Si](c3ccccc3)(c3ccccc3)c3ccccc3)cc2[n+]1C(C)C. The predicted octanol–water partition coefficient (Wildman–Crippen LogP) is 5.27. The molecule has 0 aliphatic carbocycles. The molecule has 1 aromatic heterocycles. The summed E-state index contributed by atoms with van der Waals surface area (Å²) in [4.78, 5) is 0. The van der Waals surface area contributed by atoms with Gasteiger partial charge in [0.2, 0.25) is 10.5 Å². The van der Waals surface area contributed by atoms with E-state index in [9.17, 15) is 0 Å². The average Bonchev–Trinajstić information content (AvgIpc) is 3.26. The number of thiazole rings is 1. The Kier molecular flexibility index (Phi) is 6.24. The van der Waals surface area contributed by atoms with Crippen molar-refractivity contribution in [1.82, 2.24) is 0 Å². The molecule has 1 heterocycles. The summed E-state index contributed by atoms with van der Waals surface area (Å²) in [6.45, 7) is 9.23. The summed E-state index contributed by atoms with van der Waals surface area (Å²) in [6, 6.07) is 41.2. The van der Waals surface area contributed by atoms with Crippen LogP contribution in [0.15, 0.2) is 109 Å². The first-order valence-electron chi connectivity index (χ1n) is 12.2. The Morgan fingerprint density at radius 2 is 1.06 bits per heavy atom. The van der Waals surface area contributed by atoms with E-state index in [0.717, 1.165) is 0 Å². The van der Waals surface area contributed by atoms with Crippen molar-refractivity contribution < 1.29 is 4.57 Å². The summed E-state index contributed by atoms with van der Waals surface area (Å²) >= 11 is 1.95. The molecule has 3 heteroatoms. The normalized spacial score (nSPS) is 12.1. The standard InChI is InChI=1S/C31H32NSSi/c1-23(2)31-32(24(3)4)29-22-28(20-21-30(29)33-31)34(25-14-8-5-9-15-25,26-16-10-6-11-17-26)27-18-12-7-13-19-27/h5-24H,1-4H3/q+1. The molecule has 0 saturated heterocycles. The lowest BCUT2D eigenvalue weighted by Gasteiger charge is -2.34. The van der Waals surface area contributed by atoms with Gasteiger partial charge in [-0.2, -0.15) is 4.57 Å². The van der Waals surface area contributed by atoms with Crippen LogP contribution < -0.4 is 25.3 Å². The van der Waals surface area contributed by atoms with E-state index in [1.54, 1.807) is 0 Å². The highest BCUT2D eigenvalue weighted by molar-refractivity contribution is 7.20. The lowest BCUT2D eigenvalue weighted by Crippen LogP contribution is -2.74. The molecular weight excluding hydrogens is 447 g/mol. The summed E-state index contributed by atoms with van der Waals surface area (Å²) in [5, 5.41) is 7.14. The number of rotatable bonds is 6. The van der Waals surface area contributed by atoms with Gasteiger partial charge in [0.05, 0.1) is 0 Å². The molecule has 0 spiro atoms. The van der Waals surface area contributed by atoms with E-state index in [1.165, 1.54) is 36.0 Å². The van der Waals surface area contributed by atoms with E-state index < -0.39 is 8.07 Å². The minimum absolute atomic E-state index is 0.419. The van der Waals surface area contributed by atoms with Gasteiger partial charge in [-0.15, -0.1) is 0 Å². The van der Waals surface area contributed by atoms with Crippen LogP contribution >= 0.6 is 11.3 Å². The first-order valence-corrected chi connectivity index (χ1v) is 15.0. The lowest BCUT2D eigenvalue weighted by atomic mass is 10.2. The molecule has 0 aliphatic heterocycles. The van der Waals surface area contributed by atoms with Crippen molar-refractivity contribution in [2.45, 2.75) is 39.7 Å². The summed E-state index contributed by atoms with van der Waals surface area (Å²) in [5.74, 6) is 0.502. The molecule has 0 atom stereocenters. The number of nitrogens with zero attached hydrogens (tertiary/aromatic N) is 1. The Balaban J connectivity index is 1.91. The van der Waals surface area contributed by atoms with E-state index >= 15 is 0 Å². The minimum atomic E-state index is -2.50. The highest BCUT2D eigenvalue weighted by Crippen LogP contribution is 2.27. The molecule has 5 rings (SSSR count).